The van der Waals surface area contributed by atoms with E-state index in [0.29, 0.717) is 5.82 Å². The van der Waals surface area contributed by atoms with Crippen LogP contribution in [-0.4, -0.2) is 41.9 Å². The molecule has 1 aliphatic heterocycles. The van der Waals surface area contributed by atoms with E-state index < -0.39 is 0 Å². The largest absolute Gasteiger partial charge is 0.461 e. The number of rotatable bonds is 4. The predicted molar refractivity (Wildman–Crippen MR) is 72.9 cm³/mol. The third-order valence-corrected chi connectivity index (χ3v) is 3.62. The van der Waals surface area contributed by atoms with E-state index in [4.69, 9.17) is 4.42 Å². The molecule has 0 unspecified atom stereocenters. The molecule has 1 aliphatic rings. The van der Waals surface area contributed by atoms with Gasteiger partial charge in [-0.05, 0) is 44.5 Å². The van der Waals surface area contributed by atoms with Crippen LogP contribution in [-0.2, 0) is 0 Å². The van der Waals surface area contributed by atoms with Gasteiger partial charge < -0.3 is 14.6 Å². The molecule has 3 heterocycles. The predicted octanol–water partition coefficient (Wildman–Crippen LogP) is 1.50. The third kappa shape index (κ3) is 2.63. The van der Waals surface area contributed by atoms with Crippen LogP contribution in [0.5, 0.6) is 0 Å². The van der Waals surface area contributed by atoms with Crippen molar-refractivity contribution in [1.29, 1.82) is 0 Å². The first kappa shape index (κ1) is 12.2. The van der Waals surface area contributed by atoms with E-state index in [1.807, 2.05) is 19.2 Å². The number of aromatic nitrogens is 3. The number of anilines is 1. The second-order valence-corrected chi connectivity index (χ2v) is 4.95. The summed E-state index contributed by atoms with van der Waals surface area (Å²) in [6, 6.07) is 3.73. The molecule has 19 heavy (non-hydrogen) atoms. The van der Waals surface area contributed by atoms with E-state index >= 15 is 0 Å². The molecule has 6 heteroatoms. The van der Waals surface area contributed by atoms with Gasteiger partial charge in [-0.15, -0.1) is 5.10 Å². The Morgan fingerprint density at radius 1 is 1.47 bits per heavy atom. The Morgan fingerprint density at radius 2 is 2.32 bits per heavy atom. The summed E-state index contributed by atoms with van der Waals surface area (Å²) in [6.07, 6.45) is 4.01. The Labute approximate surface area is 112 Å². The van der Waals surface area contributed by atoms with Gasteiger partial charge in [0.05, 0.1) is 6.26 Å². The first-order chi connectivity index (χ1) is 9.36. The lowest BCUT2D eigenvalue weighted by Crippen LogP contribution is -2.37. The zero-order valence-electron chi connectivity index (χ0n) is 11.1. The maximum atomic E-state index is 5.31. The van der Waals surface area contributed by atoms with Crippen molar-refractivity contribution >= 4 is 5.95 Å². The molecule has 2 N–H and O–H groups in total. The Bertz CT molecular complexity index is 499. The molecule has 2 aromatic rings. The monoisotopic (exact) mass is 261 g/mol. The third-order valence-electron chi connectivity index (χ3n) is 3.62. The van der Waals surface area contributed by atoms with Gasteiger partial charge >= 0.3 is 0 Å². The quantitative estimate of drug-likeness (QED) is 0.873. The molecular weight excluding hydrogens is 242 g/mol. The molecule has 102 valence electrons. The summed E-state index contributed by atoms with van der Waals surface area (Å²) in [5.74, 6) is 2.96. The lowest BCUT2D eigenvalue weighted by atomic mass is 9.97. The zero-order chi connectivity index (χ0) is 13.1. The molecule has 3 rings (SSSR count). The second kappa shape index (κ2) is 5.44. The summed E-state index contributed by atoms with van der Waals surface area (Å²) in [7, 11) is 2.01. The number of hydrogen-bond acceptors (Lipinski definition) is 5. The van der Waals surface area contributed by atoms with Gasteiger partial charge in [0, 0.05) is 13.1 Å². The number of furan rings is 1. The number of nitrogens with one attached hydrogen (secondary N) is 2. The molecule has 2 aromatic heterocycles. The minimum Gasteiger partial charge on any atom is -0.461 e. The summed E-state index contributed by atoms with van der Waals surface area (Å²) >= 11 is 0. The Hall–Kier alpha value is -1.82. The van der Waals surface area contributed by atoms with Gasteiger partial charge in [0.1, 0.15) is 0 Å². The highest BCUT2D eigenvalue weighted by Gasteiger charge is 2.21. The molecule has 0 atom stereocenters. The molecule has 6 nitrogen and oxygen atoms in total. The van der Waals surface area contributed by atoms with Gasteiger partial charge in [0.25, 0.3) is 0 Å². The molecule has 1 saturated heterocycles. The molecule has 0 bridgehead atoms. The van der Waals surface area contributed by atoms with Crippen molar-refractivity contribution in [3.63, 3.8) is 0 Å². The van der Waals surface area contributed by atoms with Crippen LogP contribution in [0.1, 0.15) is 12.8 Å². The van der Waals surface area contributed by atoms with Gasteiger partial charge in [-0.25, -0.2) is 0 Å². The molecule has 0 radical (unpaired) electrons. The summed E-state index contributed by atoms with van der Waals surface area (Å²) in [5, 5.41) is 10.5. The Balaban J connectivity index is 1.64. The Morgan fingerprint density at radius 3 is 3.00 bits per heavy atom. The maximum absolute atomic E-state index is 5.31. The average molecular weight is 261 g/mol. The summed E-state index contributed by atoms with van der Waals surface area (Å²) in [5.41, 5.74) is 0. The van der Waals surface area contributed by atoms with E-state index in [2.05, 4.69) is 25.4 Å². The lowest BCUT2D eigenvalue weighted by molar-refractivity contribution is 0.391. The number of nitrogens with zero attached hydrogens (tertiary/aromatic N) is 3. The zero-order valence-corrected chi connectivity index (χ0v) is 11.1. The van der Waals surface area contributed by atoms with Crippen molar-refractivity contribution in [3.05, 3.63) is 18.4 Å². The van der Waals surface area contributed by atoms with Crippen LogP contribution in [0.2, 0.25) is 0 Å². The summed E-state index contributed by atoms with van der Waals surface area (Å²) < 4.78 is 5.31. The first-order valence-corrected chi connectivity index (χ1v) is 6.72. The topological polar surface area (TPSA) is 70.0 Å². The van der Waals surface area contributed by atoms with Crippen molar-refractivity contribution < 1.29 is 4.42 Å². The Kier molecular flexibility index (Phi) is 3.50. The van der Waals surface area contributed by atoms with Crippen molar-refractivity contribution in [2.45, 2.75) is 12.8 Å². The standard InChI is InChI=1S/C13H19N5O/c1-14-9-10-4-6-18(7-5-10)13-15-12(16-17-13)11-3-2-8-19-11/h2-3,8,10,14H,4-7,9H2,1H3,(H,15,16,17). The van der Waals surface area contributed by atoms with Crippen molar-refractivity contribution in [3.8, 4) is 11.6 Å². The van der Waals surface area contributed by atoms with E-state index in [1.54, 1.807) is 6.26 Å². The van der Waals surface area contributed by atoms with Crippen LogP contribution in [0.25, 0.3) is 11.6 Å². The molecule has 0 aliphatic carbocycles. The van der Waals surface area contributed by atoms with Gasteiger partial charge in [-0.2, -0.15) is 4.98 Å². The first-order valence-electron chi connectivity index (χ1n) is 6.72. The van der Waals surface area contributed by atoms with Crippen LogP contribution < -0.4 is 10.2 Å². The van der Waals surface area contributed by atoms with E-state index in [9.17, 15) is 0 Å². The minimum absolute atomic E-state index is 0.692. The smallest absolute Gasteiger partial charge is 0.245 e. The SMILES string of the molecule is CNCC1CCN(c2n[nH]c(-c3ccco3)n2)CC1. The van der Waals surface area contributed by atoms with Gasteiger partial charge in [-0.3, -0.25) is 5.10 Å². The molecule has 0 saturated carbocycles. The molecule has 1 fully saturated rings. The number of aromatic amines is 1. The van der Waals surface area contributed by atoms with E-state index in [1.165, 1.54) is 12.8 Å². The van der Waals surface area contributed by atoms with Crippen LogP contribution in [0.4, 0.5) is 5.95 Å². The normalized spacial score (nSPS) is 17.0. The van der Waals surface area contributed by atoms with Crippen LogP contribution >= 0.6 is 0 Å². The van der Waals surface area contributed by atoms with Crippen molar-refractivity contribution in [2.75, 3.05) is 31.6 Å². The van der Waals surface area contributed by atoms with Crippen molar-refractivity contribution in [2.24, 2.45) is 5.92 Å². The highest BCUT2D eigenvalue weighted by atomic mass is 16.3. The van der Waals surface area contributed by atoms with Crippen LogP contribution in [0.15, 0.2) is 22.8 Å². The van der Waals surface area contributed by atoms with E-state index in [0.717, 1.165) is 37.3 Å². The molecule has 0 spiro atoms. The average Bonchev–Trinajstić information content (AvgIpc) is 3.11. The molecule has 0 amide bonds. The number of hydrogen-bond donors (Lipinski definition) is 2. The number of H-pyrrole nitrogens is 1. The fraction of sp³-hybridized carbons (Fsp3) is 0.538. The van der Waals surface area contributed by atoms with Crippen LogP contribution in [0, 0.1) is 5.92 Å². The van der Waals surface area contributed by atoms with E-state index in [-0.39, 0.29) is 0 Å². The maximum Gasteiger partial charge on any atom is 0.245 e. The fourth-order valence-electron chi connectivity index (χ4n) is 2.54. The lowest BCUT2D eigenvalue weighted by Gasteiger charge is -2.30. The number of piperidine rings is 1. The molecular formula is C13H19N5O. The van der Waals surface area contributed by atoms with Gasteiger partial charge in [-0.1, -0.05) is 0 Å². The van der Waals surface area contributed by atoms with Gasteiger partial charge in [0.15, 0.2) is 11.6 Å². The minimum atomic E-state index is 0.692. The highest BCUT2D eigenvalue weighted by Crippen LogP contribution is 2.22. The summed E-state index contributed by atoms with van der Waals surface area (Å²) in [4.78, 5) is 6.73. The van der Waals surface area contributed by atoms with Gasteiger partial charge in [0.2, 0.25) is 5.95 Å². The summed E-state index contributed by atoms with van der Waals surface area (Å²) in [6.45, 7) is 3.13. The van der Waals surface area contributed by atoms with Crippen molar-refractivity contribution in [1.82, 2.24) is 20.5 Å². The fourth-order valence-corrected chi connectivity index (χ4v) is 2.54. The second-order valence-electron chi connectivity index (χ2n) is 4.95. The highest BCUT2D eigenvalue weighted by molar-refractivity contribution is 5.48. The molecule has 0 aromatic carbocycles. The van der Waals surface area contributed by atoms with Crippen LogP contribution in [0.3, 0.4) is 0 Å².